The molecule has 1 unspecified atom stereocenters. The van der Waals surface area contributed by atoms with Gasteiger partial charge in [0.1, 0.15) is 5.75 Å². The number of rotatable bonds is 7. The lowest BCUT2D eigenvalue weighted by molar-refractivity contribution is -0.121. The first-order chi connectivity index (χ1) is 12.5. The van der Waals surface area contributed by atoms with Crippen molar-refractivity contribution in [1.29, 1.82) is 0 Å². The van der Waals surface area contributed by atoms with Crippen LogP contribution in [0.4, 0.5) is 5.69 Å². The minimum Gasteiger partial charge on any atom is -0.497 e. The minimum absolute atomic E-state index is 0.00463. The molecule has 2 amide bonds. The van der Waals surface area contributed by atoms with Crippen LogP contribution in [-0.4, -0.2) is 18.9 Å². The predicted molar refractivity (Wildman–Crippen MR) is 101 cm³/mol. The second-order valence-corrected chi connectivity index (χ2v) is 6.71. The molecule has 0 bridgehead atoms. The topological polar surface area (TPSA) is 67.4 Å². The van der Waals surface area contributed by atoms with E-state index in [9.17, 15) is 9.59 Å². The van der Waals surface area contributed by atoms with Gasteiger partial charge in [0.15, 0.2) is 0 Å². The number of amides is 2. The molecule has 0 aromatic heterocycles. The summed E-state index contributed by atoms with van der Waals surface area (Å²) in [5.41, 5.74) is 2.76. The highest BCUT2D eigenvalue weighted by Gasteiger charge is 2.33. The lowest BCUT2D eigenvalue weighted by Crippen LogP contribution is -2.31. The molecule has 0 heterocycles. The molecule has 136 valence electrons. The molecule has 0 aliphatic heterocycles. The van der Waals surface area contributed by atoms with Crippen LogP contribution < -0.4 is 15.4 Å². The fraction of sp³-hybridized carbons (Fsp3) is 0.333. The Balaban J connectivity index is 1.62. The third-order valence-corrected chi connectivity index (χ3v) is 4.52. The van der Waals surface area contributed by atoms with Crippen molar-refractivity contribution >= 4 is 17.5 Å². The van der Waals surface area contributed by atoms with Crippen molar-refractivity contribution in [3.8, 4) is 5.75 Å². The summed E-state index contributed by atoms with van der Waals surface area (Å²) in [7, 11) is 1.65. The Morgan fingerprint density at radius 1 is 1.08 bits per heavy atom. The quantitative estimate of drug-likeness (QED) is 0.802. The minimum atomic E-state index is -0.109. The Morgan fingerprint density at radius 2 is 1.73 bits per heavy atom. The predicted octanol–water partition coefficient (Wildman–Crippen LogP) is 3.46. The summed E-state index contributed by atoms with van der Waals surface area (Å²) in [4.78, 5) is 23.6. The highest BCUT2D eigenvalue weighted by Crippen LogP contribution is 2.41. The molecule has 0 spiro atoms. The van der Waals surface area contributed by atoms with E-state index in [2.05, 4.69) is 10.6 Å². The molecular formula is C21H24N2O3. The maximum absolute atomic E-state index is 12.5. The number of nitrogens with one attached hydrogen (secondary N) is 2. The first kappa shape index (κ1) is 18.0. The van der Waals surface area contributed by atoms with Crippen molar-refractivity contribution in [3.63, 3.8) is 0 Å². The highest BCUT2D eigenvalue weighted by molar-refractivity contribution is 5.88. The van der Waals surface area contributed by atoms with Gasteiger partial charge >= 0.3 is 0 Å². The zero-order valence-electron chi connectivity index (χ0n) is 15.1. The molecule has 0 radical (unpaired) electrons. The van der Waals surface area contributed by atoms with E-state index < -0.39 is 0 Å². The van der Waals surface area contributed by atoms with E-state index in [-0.39, 0.29) is 17.9 Å². The molecule has 26 heavy (non-hydrogen) atoms. The van der Waals surface area contributed by atoms with Crippen molar-refractivity contribution in [3.05, 3.63) is 59.7 Å². The Kier molecular flexibility index (Phi) is 5.56. The van der Waals surface area contributed by atoms with Gasteiger partial charge in [0.25, 0.3) is 0 Å². The third kappa shape index (κ3) is 4.85. The maximum atomic E-state index is 12.5. The summed E-state index contributed by atoms with van der Waals surface area (Å²) < 4.78 is 5.21. The molecule has 1 fully saturated rings. The van der Waals surface area contributed by atoms with Crippen molar-refractivity contribution in [2.24, 2.45) is 5.92 Å². The SMILES string of the molecule is COc1ccc(C(NC(=O)Cc2ccc(NC(C)=O)cc2)C2CC2)cc1. The summed E-state index contributed by atoms with van der Waals surface area (Å²) in [6, 6.07) is 15.3. The van der Waals surface area contributed by atoms with Crippen LogP contribution in [0.2, 0.25) is 0 Å². The monoisotopic (exact) mass is 352 g/mol. The molecule has 5 heteroatoms. The van der Waals surface area contributed by atoms with Gasteiger partial charge in [-0.15, -0.1) is 0 Å². The molecule has 1 aliphatic rings. The zero-order valence-corrected chi connectivity index (χ0v) is 15.1. The largest absolute Gasteiger partial charge is 0.497 e. The average molecular weight is 352 g/mol. The molecule has 2 N–H and O–H groups in total. The lowest BCUT2D eigenvalue weighted by Gasteiger charge is -2.19. The smallest absolute Gasteiger partial charge is 0.224 e. The fourth-order valence-corrected chi connectivity index (χ4v) is 3.03. The van der Waals surface area contributed by atoms with Gasteiger partial charge in [-0.05, 0) is 54.2 Å². The Morgan fingerprint density at radius 3 is 2.27 bits per heavy atom. The van der Waals surface area contributed by atoms with Crippen molar-refractivity contribution < 1.29 is 14.3 Å². The third-order valence-electron chi connectivity index (χ3n) is 4.52. The van der Waals surface area contributed by atoms with E-state index in [0.717, 1.165) is 35.4 Å². The van der Waals surface area contributed by atoms with Crippen LogP contribution in [-0.2, 0) is 16.0 Å². The fourth-order valence-electron chi connectivity index (χ4n) is 3.03. The number of ether oxygens (including phenoxy) is 1. The molecule has 1 aliphatic carbocycles. The zero-order chi connectivity index (χ0) is 18.5. The van der Waals surface area contributed by atoms with E-state index in [4.69, 9.17) is 4.74 Å². The van der Waals surface area contributed by atoms with E-state index in [1.54, 1.807) is 7.11 Å². The molecule has 2 aromatic carbocycles. The normalized spacial score (nSPS) is 14.4. The average Bonchev–Trinajstić information content (AvgIpc) is 3.46. The van der Waals surface area contributed by atoms with Gasteiger partial charge in [0.2, 0.25) is 11.8 Å². The van der Waals surface area contributed by atoms with E-state index in [1.807, 2.05) is 48.5 Å². The van der Waals surface area contributed by atoms with E-state index >= 15 is 0 Å². The van der Waals surface area contributed by atoms with Crippen LogP contribution in [0.15, 0.2) is 48.5 Å². The van der Waals surface area contributed by atoms with Gasteiger partial charge in [0.05, 0.1) is 19.6 Å². The van der Waals surface area contributed by atoms with Crippen LogP contribution in [0, 0.1) is 5.92 Å². The van der Waals surface area contributed by atoms with Crippen LogP contribution in [0.25, 0.3) is 0 Å². The molecular weight excluding hydrogens is 328 g/mol. The first-order valence-electron chi connectivity index (χ1n) is 8.85. The Hall–Kier alpha value is -2.82. The molecule has 0 saturated heterocycles. The van der Waals surface area contributed by atoms with Gasteiger partial charge in [-0.1, -0.05) is 24.3 Å². The van der Waals surface area contributed by atoms with Crippen molar-refractivity contribution in [2.45, 2.75) is 32.2 Å². The number of methoxy groups -OCH3 is 1. The van der Waals surface area contributed by atoms with Gasteiger partial charge in [-0.25, -0.2) is 0 Å². The van der Waals surface area contributed by atoms with E-state index in [0.29, 0.717) is 12.3 Å². The van der Waals surface area contributed by atoms with Crippen LogP contribution in [0.5, 0.6) is 5.75 Å². The summed E-state index contributed by atoms with van der Waals surface area (Å²) in [6.07, 6.45) is 2.60. The molecule has 5 nitrogen and oxygen atoms in total. The second-order valence-electron chi connectivity index (χ2n) is 6.71. The number of hydrogen-bond donors (Lipinski definition) is 2. The lowest BCUT2D eigenvalue weighted by atomic mass is 10.0. The number of anilines is 1. The summed E-state index contributed by atoms with van der Waals surface area (Å²) in [6.45, 7) is 1.47. The molecule has 2 aromatic rings. The number of carbonyl (C=O) groups excluding carboxylic acids is 2. The summed E-state index contributed by atoms with van der Waals surface area (Å²) in [5.74, 6) is 1.22. The van der Waals surface area contributed by atoms with Crippen molar-refractivity contribution in [1.82, 2.24) is 5.32 Å². The van der Waals surface area contributed by atoms with Gasteiger partial charge in [0, 0.05) is 12.6 Å². The molecule has 3 rings (SSSR count). The van der Waals surface area contributed by atoms with Gasteiger partial charge in [-0.3, -0.25) is 9.59 Å². The molecule has 1 saturated carbocycles. The van der Waals surface area contributed by atoms with Crippen LogP contribution in [0.1, 0.15) is 36.9 Å². The molecule has 1 atom stereocenters. The van der Waals surface area contributed by atoms with Crippen LogP contribution >= 0.6 is 0 Å². The first-order valence-corrected chi connectivity index (χ1v) is 8.85. The van der Waals surface area contributed by atoms with Gasteiger partial charge < -0.3 is 15.4 Å². The number of carbonyl (C=O) groups is 2. The summed E-state index contributed by atoms with van der Waals surface area (Å²) in [5, 5.41) is 5.90. The summed E-state index contributed by atoms with van der Waals surface area (Å²) >= 11 is 0. The Bertz CT molecular complexity index is 765. The number of hydrogen-bond acceptors (Lipinski definition) is 3. The Labute approximate surface area is 153 Å². The van der Waals surface area contributed by atoms with E-state index in [1.165, 1.54) is 6.92 Å². The van der Waals surface area contributed by atoms with Crippen LogP contribution in [0.3, 0.4) is 0 Å². The highest BCUT2D eigenvalue weighted by atomic mass is 16.5. The van der Waals surface area contributed by atoms with Gasteiger partial charge in [-0.2, -0.15) is 0 Å². The maximum Gasteiger partial charge on any atom is 0.224 e. The number of benzene rings is 2. The van der Waals surface area contributed by atoms with Crippen molar-refractivity contribution in [2.75, 3.05) is 12.4 Å². The standard InChI is InChI=1S/C21H24N2O3/c1-14(24)22-18-9-3-15(4-10-18)13-20(25)23-21(16-5-6-16)17-7-11-19(26-2)12-8-17/h3-4,7-12,16,21H,5-6,13H2,1-2H3,(H,22,24)(H,23,25). The second kappa shape index (κ2) is 8.04.